The third kappa shape index (κ3) is 4.84. The minimum absolute atomic E-state index is 0.0380. The van der Waals surface area contributed by atoms with Crippen LogP contribution in [-0.2, 0) is 9.53 Å². The second-order valence-electron chi connectivity index (χ2n) is 4.59. The number of methoxy groups -OCH3 is 1. The van der Waals surface area contributed by atoms with E-state index >= 15 is 0 Å². The molecule has 5 heteroatoms. The number of carbonyl (C=O) groups excluding carboxylic acids is 1. The molecule has 2 N–H and O–H groups in total. The summed E-state index contributed by atoms with van der Waals surface area (Å²) in [4.78, 5) is 11.9. The van der Waals surface area contributed by atoms with Crippen molar-refractivity contribution in [3.63, 3.8) is 0 Å². The van der Waals surface area contributed by atoms with Gasteiger partial charge in [-0.05, 0) is 53.9 Å². The molecule has 0 saturated carbocycles. The number of rotatable bonds is 6. The average Bonchev–Trinajstić information content (AvgIpc) is 2.33. The van der Waals surface area contributed by atoms with E-state index in [2.05, 4.69) is 32.6 Å². The van der Waals surface area contributed by atoms with Crippen LogP contribution in [0.15, 0.2) is 16.6 Å². The third-order valence-electron chi connectivity index (χ3n) is 2.79. The van der Waals surface area contributed by atoms with E-state index in [1.807, 2.05) is 26.8 Å². The smallest absolute Gasteiger partial charge is 0.242 e. The highest BCUT2D eigenvalue weighted by Gasteiger charge is 2.14. The Hall–Kier alpha value is -1.07. The summed E-state index contributed by atoms with van der Waals surface area (Å²) in [5.74, 6) is -0.0380. The quantitative estimate of drug-likeness (QED) is 0.789. The molecule has 1 aromatic carbocycles. The molecule has 1 rings (SSSR count). The van der Waals surface area contributed by atoms with Gasteiger partial charge in [-0.25, -0.2) is 0 Å². The van der Waals surface area contributed by atoms with Crippen molar-refractivity contribution in [2.75, 3.05) is 25.6 Å². The second kappa shape index (κ2) is 7.50. The number of hydrogen-bond acceptors (Lipinski definition) is 3. The van der Waals surface area contributed by atoms with E-state index in [0.717, 1.165) is 15.7 Å². The number of ether oxygens (including phenoxy) is 1. The van der Waals surface area contributed by atoms with Gasteiger partial charge < -0.3 is 15.4 Å². The van der Waals surface area contributed by atoms with Crippen molar-refractivity contribution in [3.05, 3.63) is 27.7 Å². The summed E-state index contributed by atoms with van der Waals surface area (Å²) in [7, 11) is 1.61. The lowest BCUT2D eigenvalue weighted by Crippen LogP contribution is -2.39. The van der Waals surface area contributed by atoms with Crippen molar-refractivity contribution < 1.29 is 9.53 Å². The average molecular weight is 329 g/mol. The zero-order valence-corrected chi connectivity index (χ0v) is 13.4. The minimum Gasteiger partial charge on any atom is -0.383 e. The monoisotopic (exact) mass is 328 g/mol. The van der Waals surface area contributed by atoms with Crippen LogP contribution in [0.5, 0.6) is 0 Å². The largest absolute Gasteiger partial charge is 0.383 e. The van der Waals surface area contributed by atoms with Gasteiger partial charge >= 0.3 is 0 Å². The highest BCUT2D eigenvalue weighted by Crippen LogP contribution is 2.28. The maximum Gasteiger partial charge on any atom is 0.242 e. The maximum atomic E-state index is 11.9. The molecular formula is C14H21BrN2O2. The lowest BCUT2D eigenvalue weighted by molar-refractivity contribution is -0.121. The number of aryl methyl sites for hydroxylation is 2. The van der Waals surface area contributed by atoms with E-state index in [1.165, 1.54) is 5.56 Å². The lowest BCUT2D eigenvalue weighted by atomic mass is 10.1. The van der Waals surface area contributed by atoms with Crippen molar-refractivity contribution in [3.8, 4) is 0 Å². The van der Waals surface area contributed by atoms with Crippen LogP contribution < -0.4 is 10.6 Å². The van der Waals surface area contributed by atoms with Crippen LogP contribution in [0.4, 0.5) is 5.69 Å². The topological polar surface area (TPSA) is 50.4 Å². The summed E-state index contributed by atoms with van der Waals surface area (Å²) >= 11 is 3.53. The molecule has 0 bridgehead atoms. The summed E-state index contributed by atoms with van der Waals surface area (Å²) in [5.41, 5.74) is 3.26. The van der Waals surface area contributed by atoms with Crippen LogP contribution >= 0.6 is 15.9 Å². The predicted octanol–water partition coefficient (Wildman–Crippen LogP) is 2.63. The first-order chi connectivity index (χ1) is 8.95. The highest BCUT2D eigenvalue weighted by atomic mass is 79.9. The Bertz CT molecular complexity index is 426. The van der Waals surface area contributed by atoms with Gasteiger partial charge in [0, 0.05) is 18.1 Å². The van der Waals surface area contributed by atoms with Gasteiger partial charge in [-0.3, -0.25) is 4.79 Å². The Kier molecular flexibility index (Phi) is 6.31. The number of amides is 1. The summed E-state index contributed by atoms with van der Waals surface area (Å²) in [6.45, 7) is 6.95. The van der Waals surface area contributed by atoms with E-state index in [1.54, 1.807) is 7.11 Å². The molecule has 1 amide bonds. The summed E-state index contributed by atoms with van der Waals surface area (Å²) < 4.78 is 5.87. The van der Waals surface area contributed by atoms with Gasteiger partial charge in [0.15, 0.2) is 0 Å². The number of benzene rings is 1. The van der Waals surface area contributed by atoms with Crippen LogP contribution in [0.2, 0.25) is 0 Å². The van der Waals surface area contributed by atoms with Crippen molar-refractivity contribution in [2.24, 2.45) is 0 Å². The number of halogens is 1. The Balaban J connectivity index is 2.66. The van der Waals surface area contributed by atoms with Gasteiger partial charge in [0.05, 0.1) is 12.3 Å². The lowest BCUT2D eigenvalue weighted by Gasteiger charge is -2.18. The molecular weight excluding hydrogens is 308 g/mol. The standard InChI is InChI=1S/C14H21BrN2O2/c1-9-7-10(2)13(12(15)8-9)17-11(3)14(18)16-5-6-19-4/h7-8,11,17H,5-6H2,1-4H3,(H,16,18). The molecule has 106 valence electrons. The van der Waals surface area contributed by atoms with E-state index in [-0.39, 0.29) is 11.9 Å². The first-order valence-electron chi connectivity index (χ1n) is 6.25. The van der Waals surface area contributed by atoms with Crippen LogP contribution in [0.1, 0.15) is 18.1 Å². The zero-order chi connectivity index (χ0) is 14.4. The molecule has 0 fully saturated rings. The molecule has 1 unspecified atom stereocenters. The molecule has 0 aliphatic rings. The molecule has 19 heavy (non-hydrogen) atoms. The van der Waals surface area contributed by atoms with Gasteiger partial charge in [-0.15, -0.1) is 0 Å². The summed E-state index contributed by atoms with van der Waals surface area (Å²) in [6.07, 6.45) is 0. The normalized spacial score (nSPS) is 12.1. The van der Waals surface area contributed by atoms with Gasteiger partial charge in [0.25, 0.3) is 0 Å². The van der Waals surface area contributed by atoms with Gasteiger partial charge in [0.2, 0.25) is 5.91 Å². The van der Waals surface area contributed by atoms with Gasteiger partial charge in [0.1, 0.15) is 6.04 Å². The zero-order valence-electron chi connectivity index (χ0n) is 11.8. The second-order valence-corrected chi connectivity index (χ2v) is 5.44. The van der Waals surface area contributed by atoms with E-state index in [0.29, 0.717) is 13.2 Å². The Morgan fingerprint density at radius 1 is 1.42 bits per heavy atom. The molecule has 0 aliphatic carbocycles. The molecule has 0 saturated heterocycles. The van der Waals surface area contributed by atoms with Crippen molar-refractivity contribution in [1.29, 1.82) is 0 Å². The molecule has 0 spiro atoms. The number of hydrogen-bond donors (Lipinski definition) is 2. The molecule has 0 radical (unpaired) electrons. The van der Waals surface area contributed by atoms with Crippen LogP contribution in [-0.4, -0.2) is 32.2 Å². The van der Waals surface area contributed by atoms with Crippen LogP contribution in [0, 0.1) is 13.8 Å². The van der Waals surface area contributed by atoms with E-state index < -0.39 is 0 Å². The molecule has 0 heterocycles. The minimum atomic E-state index is -0.297. The molecule has 1 atom stereocenters. The van der Waals surface area contributed by atoms with Gasteiger partial charge in [-0.2, -0.15) is 0 Å². The van der Waals surface area contributed by atoms with Crippen molar-refractivity contribution in [1.82, 2.24) is 5.32 Å². The van der Waals surface area contributed by atoms with Crippen LogP contribution in [0.3, 0.4) is 0 Å². The molecule has 0 aromatic heterocycles. The first-order valence-corrected chi connectivity index (χ1v) is 7.05. The van der Waals surface area contributed by atoms with Gasteiger partial charge in [-0.1, -0.05) is 6.07 Å². The number of carbonyl (C=O) groups is 1. The van der Waals surface area contributed by atoms with E-state index in [9.17, 15) is 4.79 Å². The highest BCUT2D eigenvalue weighted by molar-refractivity contribution is 9.10. The molecule has 4 nitrogen and oxygen atoms in total. The third-order valence-corrected chi connectivity index (χ3v) is 3.42. The molecule has 0 aliphatic heterocycles. The van der Waals surface area contributed by atoms with Crippen molar-refractivity contribution in [2.45, 2.75) is 26.8 Å². The fourth-order valence-corrected chi connectivity index (χ4v) is 2.60. The first kappa shape index (κ1) is 16.0. The fourth-order valence-electron chi connectivity index (χ4n) is 1.81. The summed E-state index contributed by atoms with van der Waals surface area (Å²) in [6, 6.07) is 3.82. The van der Waals surface area contributed by atoms with E-state index in [4.69, 9.17) is 4.74 Å². The maximum absolute atomic E-state index is 11.9. The SMILES string of the molecule is COCCNC(=O)C(C)Nc1c(C)cc(C)cc1Br. The fraction of sp³-hybridized carbons (Fsp3) is 0.500. The number of nitrogens with one attached hydrogen (secondary N) is 2. The predicted molar refractivity (Wildman–Crippen MR) is 81.6 cm³/mol. The van der Waals surface area contributed by atoms with Crippen molar-refractivity contribution >= 4 is 27.5 Å². The number of anilines is 1. The summed E-state index contributed by atoms with van der Waals surface area (Å²) in [5, 5.41) is 6.04. The molecule has 1 aromatic rings. The van der Waals surface area contributed by atoms with Crippen LogP contribution in [0.25, 0.3) is 0 Å². The Morgan fingerprint density at radius 2 is 2.11 bits per heavy atom. The Labute approximate surface area is 123 Å². The Morgan fingerprint density at radius 3 is 2.68 bits per heavy atom.